The van der Waals surface area contributed by atoms with Gasteiger partial charge in [0.2, 0.25) is 0 Å². The van der Waals surface area contributed by atoms with E-state index in [-0.39, 0.29) is 16.6 Å². The van der Waals surface area contributed by atoms with E-state index >= 15 is 0 Å². The molecule has 24 heavy (non-hydrogen) atoms. The molecule has 1 aliphatic carbocycles. The Labute approximate surface area is 147 Å². The lowest BCUT2D eigenvalue weighted by Crippen LogP contribution is -2.27. The van der Waals surface area contributed by atoms with Crippen molar-refractivity contribution in [3.05, 3.63) is 58.4 Å². The molecule has 1 aromatic carbocycles. The van der Waals surface area contributed by atoms with Gasteiger partial charge in [-0.15, -0.1) is 0 Å². The van der Waals surface area contributed by atoms with Crippen LogP contribution < -0.4 is 11.1 Å². The second kappa shape index (κ2) is 8.02. The van der Waals surface area contributed by atoms with Gasteiger partial charge >= 0.3 is 5.97 Å². The van der Waals surface area contributed by atoms with Gasteiger partial charge < -0.3 is 15.8 Å². The lowest BCUT2D eigenvalue weighted by atomic mass is 10.1. The highest BCUT2D eigenvalue weighted by atomic mass is 35.5. The molecule has 0 radical (unpaired) electrons. The standard InChI is InChI=1S/C18H22ClN3O2/c1-11-6-4-5-7-14(11)10-21-17(20)15(19)16(18(23)24-3)22-12(2)13-8-9-13/h4-7,13,22H,2,8-10H2,1,3H3,(H2,20,21). The van der Waals surface area contributed by atoms with Gasteiger partial charge in [-0.05, 0) is 36.8 Å². The van der Waals surface area contributed by atoms with E-state index in [2.05, 4.69) is 16.9 Å². The minimum Gasteiger partial charge on any atom is -0.464 e. The zero-order chi connectivity index (χ0) is 17.7. The predicted molar refractivity (Wildman–Crippen MR) is 96.4 cm³/mol. The van der Waals surface area contributed by atoms with E-state index in [4.69, 9.17) is 22.1 Å². The largest absolute Gasteiger partial charge is 0.464 e. The summed E-state index contributed by atoms with van der Waals surface area (Å²) in [5, 5.41) is 2.98. The Balaban J connectivity index is 2.20. The number of benzene rings is 1. The SMILES string of the molecule is C=C(NC(C(=O)OC)=C(Cl)C(N)=NCc1ccccc1C)C1CC1. The highest BCUT2D eigenvalue weighted by Crippen LogP contribution is 2.34. The molecule has 128 valence electrons. The van der Waals surface area contributed by atoms with E-state index < -0.39 is 5.97 Å². The number of amidine groups is 1. The minimum absolute atomic E-state index is 0.0391. The Bertz CT molecular complexity index is 706. The van der Waals surface area contributed by atoms with Gasteiger partial charge in [-0.1, -0.05) is 42.4 Å². The molecule has 1 aromatic rings. The van der Waals surface area contributed by atoms with Crippen molar-refractivity contribution in [3.63, 3.8) is 0 Å². The Morgan fingerprint density at radius 1 is 1.46 bits per heavy atom. The van der Waals surface area contributed by atoms with Crippen LogP contribution in [0.4, 0.5) is 0 Å². The van der Waals surface area contributed by atoms with Crippen LogP contribution in [0, 0.1) is 12.8 Å². The number of esters is 1. The molecule has 2 rings (SSSR count). The maximum absolute atomic E-state index is 12.0. The quantitative estimate of drug-likeness (QED) is 0.344. The fourth-order valence-electron chi connectivity index (χ4n) is 2.15. The summed E-state index contributed by atoms with van der Waals surface area (Å²) in [5.74, 6) is -0.161. The normalized spacial score (nSPS) is 15.5. The molecular formula is C18H22ClN3O2. The Morgan fingerprint density at radius 3 is 2.71 bits per heavy atom. The van der Waals surface area contributed by atoms with Crippen molar-refractivity contribution in [1.29, 1.82) is 0 Å². The lowest BCUT2D eigenvalue weighted by Gasteiger charge is -2.13. The van der Waals surface area contributed by atoms with E-state index in [1.54, 1.807) is 0 Å². The van der Waals surface area contributed by atoms with Crippen molar-refractivity contribution in [2.24, 2.45) is 16.6 Å². The first-order valence-electron chi connectivity index (χ1n) is 7.72. The maximum Gasteiger partial charge on any atom is 0.356 e. The van der Waals surface area contributed by atoms with Gasteiger partial charge in [-0.2, -0.15) is 0 Å². The fraction of sp³-hybridized carbons (Fsp3) is 0.333. The molecule has 6 heteroatoms. The number of ether oxygens (including phenoxy) is 1. The van der Waals surface area contributed by atoms with Crippen molar-refractivity contribution in [3.8, 4) is 0 Å². The van der Waals surface area contributed by atoms with Gasteiger partial charge in [0.25, 0.3) is 0 Å². The van der Waals surface area contributed by atoms with Crippen LogP contribution in [-0.2, 0) is 16.1 Å². The second-order valence-corrected chi connectivity index (χ2v) is 6.11. The number of methoxy groups -OCH3 is 1. The third-order valence-electron chi connectivity index (χ3n) is 3.87. The van der Waals surface area contributed by atoms with Crippen LogP contribution in [0.25, 0.3) is 0 Å². The first kappa shape index (κ1) is 18.1. The van der Waals surface area contributed by atoms with Crippen LogP contribution in [0.2, 0.25) is 0 Å². The number of carbonyl (C=O) groups is 1. The van der Waals surface area contributed by atoms with Crippen LogP contribution in [-0.4, -0.2) is 18.9 Å². The van der Waals surface area contributed by atoms with Crippen LogP contribution in [0.5, 0.6) is 0 Å². The third kappa shape index (κ3) is 4.61. The number of hydrogen-bond donors (Lipinski definition) is 2. The van der Waals surface area contributed by atoms with Crippen LogP contribution in [0.1, 0.15) is 24.0 Å². The summed E-state index contributed by atoms with van der Waals surface area (Å²) in [5.41, 5.74) is 8.92. The summed E-state index contributed by atoms with van der Waals surface area (Å²) in [6.07, 6.45) is 2.10. The van der Waals surface area contributed by atoms with Gasteiger partial charge in [0.05, 0.1) is 13.7 Å². The molecule has 0 bridgehead atoms. The summed E-state index contributed by atoms with van der Waals surface area (Å²) < 4.78 is 4.77. The van der Waals surface area contributed by atoms with Gasteiger partial charge in [0.1, 0.15) is 16.6 Å². The number of aliphatic imine (C=N–C) groups is 1. The average Bonchev–Trinajstić information content (AvgIpc) is 3.42. The third-order valence-corrected chi connectivity index (χ3v) is 4.25. The fourth-order valence-corrected chi connectivity index (χ4v) is 2.33. The molecule has 1 aliphatic rings. The average molecular weight is 348 g/mol. The predicted octanol–water partition coefficient (Wildman–Crippen LogP) is 2.99. The molecule has 0 aromatic heterocycles. The van der Waals surface area contributed by atoms with Crippen molar-refractivity contribution >= 4 is 23.4 Å². The zero-order valence-corrected chi connectivity index (χ0v) is 14.7. The number of nitrogens with two attached hydrogens (primary N) is 1. The number of rotatable bonds is 7. The molecular weight excluding hydrogens is 326 g/mol. The number of nitrogens with one attached hydrogen (secondary N) is 1. The molecule has 3 N–H and O–H groups in total. The molecule has 0 amide bonds. The lowest BCUT2D eigenvalue weighted by molar-refractivity contribution is -0.136. The molecule has 0 unspecified atom stereocenters. The summed E-state index contributed by atoms with van der Waals surface area (Å²) in [4.78, 5) is 16.3. The molecule has 5 nitrogen and oxygen atoms in total. The Morgan fingerprint density at radius 2 is 2.12 bits per heavy atom. The highest BCUT2D eigenvalue weighted by Gasteiger charge is 2.27. The number of hydrogen-bond acceptors (Lipinski definition) is 4. The summed E-state index contributed by atoms with van der Waals surface area (Å²) >= 11 is 6.27. The number of carbonyl (C=O) groups excluding carboxylic acids is 1. The monoisotopic (exact) mass is 347 g/mol. The Hall–Kier alpha value is -2.27. The smallest absolute Gasteiger partial charge is 0.356 e. The molecule has 0 atom stereocenters. The number of allylic oxidation sites excluding steroid dienone is 1. The maximum atomic E-state index is 12.0. The molecule has 0 saturated heterocycles. The van der Waals surface area contributed by atoms with E-state index in [0.29, 0.717) is 12.5 Å². The second-order valence-electron chi connectivity index (χ2n) is 5.73. The van der Waals surface area contributed by atoms with Crippen LogP contribution in [0.3, 0.4) is 0 Å². The van der Waals surface area contributed by atoms with Gasteiger partial charge in [-0.25, -0.2) is 4.79 Å². The highest BCUT2D eigenvalue weighted by molar-refractivity contribution is 6.44. The number of halogens is 1. The molecule has 1 saturated carbocycles. The Kier molecular flexibility index (Phi) is 6.04. The van der Waals surface area contributed by atoms with E-state index in [1.807, 2.05) is 31.2 Å². The number of aryl methyl sites for hydroxylation is 1. The zero-order valence-electron chi connectivity index (χ0n) is 13.9. The molecule has 1 fully saturated rings. The number of nitrogens with zero attached hydrogens (tertiary/aromatic N) is 1. The van der Waals surface area contributed by atoms with Crippen molar-refractivity contribution in [1.82, 2.24) is 5.32 Å². The van der Waals surface area contributed by atoms with Gasteiger partial charge in [0, 0.05) is 5.70 Å². The summed E-state index contributed by atoms with van der Waals surface area (Å²) in [6.45, 7) is 6.31. The van der Waals surface area contributed by atoms with E-state index in [1.165, 1.54) is 7.11 Å². The molecule has 0 aliphatic heterocycles. The van der Waals surface area contributed by atoms with Gasteiger partial charge in [-0.3, -0.25) is 4.99 Å². The van der Waals surface area contributed by atoms with E-state index in [9.17, 15) is 4.79 Å². The molecule has 0 spiro atoms. The van der Waals surface area contributed by atoms with E-state index in [0.717, 1.165) is 29.7 Å². The van der Waals surface area contributed by atoms with Crippen LogP contribution in [0.15, 0.2) is 52.3 Å². The first-order chi connectivity index (χ1) is 11.4. The van der Waals surface area contributed by atoms with Crippen molar-refractivity contribution in [2.45, 2.75) is 26.3 Å². The summed E-state index contributed by atoms with van der Waals surface area (Å²) in [7, 11) is 1.29. The summed E-state index contributed by atoms with van der Waals surface area (Å²) in [6, 6.07) is 7.87. The topological polar surface area (TPSA) is 76.7 Å². The van der Waals surface area contributed by atoms with Crippen LogP contribution >= 0.6 is 11.6 Å². The van der Waals surface area contributed by atoms with Crippen molar-refractivity contribution in [2.75, 3.05) is 7.11 Å². The van der Waals surface area contributed by atoms with Gasteiger partial charge in [0.15, 0.2) is 0 Å². The molecule has 0 heterocycles. The minimum atomic E-state index is -0.601. The first-order valence-corrected chi connectivity index (χ1v) is 8.10. The van der Waals surface area contributed by atoms with Crippen molar-refractivity contribution < 1.29 is 9.53 Å².